The summed E-state index contributed by atoms with van der Waals surface area (Å²) in [5.41, 5.74) is 9.73. The number of pyridine rings is 1. The van der Waals surface area contributed by atoms with Crippen molar-refractivity contribution >= 4 is 17.3 Å². The van der Waals surface area contributed by atoms with Crippen LogP contribution < -0.4 is 11.5 Å². The monoisotopic (exact) mass is 217 g/mol. The summed E-state index contributed by atoms with van der Waals surface area (Å²) < 4.78 is 24.9. The second-order valence-electron chi connectivity index (χ2n) is 2.86. The van der Waals surface area contributed by atoms with Crippen LogP contribution in [-0.4, -0.2) is 16.1 Å². The Morgan fingerprint density at radius 1 is 1.53 bits per heavy atom. The molecule has 0 saturated heterocycles. The van der Waals surface area contributed by atoms with E-state index in [4.69, 9.17) is 16.6 Å². The lowest BCUT2D eigenvalue weighted by Gasteiger charge is -2.10. The molecule has 0 spiro atoms. The fourth-order valence-corrected chi connectivity index (χ4v) is 1.12. The van der Waals surface area contributed by atoms with E-state index in [-0.39, 0.29) is 16.9 Å². The standard InChI is InChI=1S/C8H9F2N3O2/c9-8(10)7-3(1-5(14)15)6(12)4(11)2-13-7/h2,8H,1,11H2,(H2,12,13)(H,14,15). The second kappa shape index (κ2) is 4.07. The van der Waals surface area contributed by atoms with E-state index in [1.165, 1.54) is 0 Å². The molecule has 0 saturated carbocycles. The summed E-state index contributed by atoms with van der Waals surface area (Å²) in [5.74, 6) is -1.27. The van der Waals surface area contributed by atoms with Crippen LogP contribution >= 0.6 is 0 Å². The van der Waals surface area contributed by atoms with E-state index < -0.39 is 24.5 Å². The quantitative estimate of drug-likeness (QED) is 0.695. The van der Waals surface area contributed by atoms with Crippen LogP contribution in [0.25, 0.3) is 0 Å². The summed E-state index contributed by atoms with van der Waals surface area (Å²) in [6, 6.07) is 0. The van der Waals surface area contributed by atoms with Crippen molar-refractivity contribution in [1.82, 2.24) is 4.98 Å². The molecule has 0 aliphatic carbocycles. The molecular weight excluding hydrogens is 208 g/mol. The summed E-state index contributed by atoms with van der Waals surface area (Å²) >= 11 is 0. The van der Waals surface area contributed by atoms with E-state index in [2.05, 4.69) is 4.98 Å². The lowest BCUT2D eigenvalue weighted by molar-refractivity contribution is -0.136. The molecule has 82 valence electrons. The van der Waals surface area contributed by atoms with Crippen LogP contribution in [0.1, 0.15) is 17.7 Å². The molecule has 7 heteroatoms. The van der Waals surface area contributed by atoms with Crippen molar-refractivity contribution < 1.29 is 18.7 Å². The summed E-state index contributed by atoms with van der Waals surface area (Å²) in [7, 11) is 0. The first-order valence-electron chi connectivity index (χ1n) is 3.96. The van der Waals surface area contributed by atoms with Gasteiger partial charge in [0, 0.05) is 5.56 Å². The predicted octanol–water partition coefficient (Wildman–Crippen LogP) is 0.811. The maximum atomic E-state index is 12.4. The molecule has 0 radical (unpaired) electrons. The average molecular weight is 217 g/mol. The van der Waals surface area contributed by atoms with Crippen molar-refractivity contribution in [3.63, 3.8) is 0 Å². The first-order chi connectivity index (χ1) is 6.93. The summed E-state index contributed by atoms with van der Waals surface area (Å²) in [6.07, 6.45) is -2.51. The Morgan fingerprint density at radius 3 is 2.60 bits per heavy atom. The van der Waals surface area contributed by atoms with Gasteiger partial charge in [0.2, 0.25) is 0 Å². The number of nitrogens with two attached hydrogens (primary N) is 2. The third-order valence-electron chi connectivity index (χ3n) is 1.82. The molecule has 1 heterocycles. The van der Waals surface area contributed by atoms with Crippen molar-refractivity contribution in [3.05, 3.63) is 17.5 Å². The largest absolute Gasteiger partial charge is 0.481 e. The highest BCUT2D eigenvalue weighted by Crippen LogP contribution is 2.28. The zero-order valence-corrected chi connectivity index (χ0v) is 7.58. The van der Waals surface area contributed by atoms with Crippen molar-refractivity contribution in [3.8, 4) is 0 Å². The number of aromatic nitrogens is 1. The Balaban J connectivity index is 3.28. The molecule has 0 atom stereocenters. The highest BCUT2D eigenvalue weighted by atomic mass is 19.3. The molecule has 0 fully saturated rings. The molecule has 0 aliphatic rings. The van der Waals surface area contributed by atoms with Gasteiger partial charge in [0.15, 0.2) is 0 Å². The number of nitrogens with zero attached hydrogens (tertiary/aromatic N) is 1. The summed E-state index contributed by atoms with van der Waals surface area (Å²) in [4.78, 5) is 13.8. The normalized spacial score (nSPS) is 10.6. The topological polar surface area (TPSA) is 102 Å². The van der Waals surface area contributed by atoms with Crippen LogP contribution in [0.15, 0.2) is 6.20 Å². The van der Waals surface area contributed by atoms with E-state index in [1.54, 1.807) is 0 Å². The number of rotatable bonds is 3. The Morgan fingerprint density at radius 2 is 2.13 bits per heavy atom. The van der Waals surface area contributed by atoms with E-state index in [0.29, 0.717) is 0 Å². The van der Waals surface area contributed by atoms with Crippen LogP contribution in [0.3, 0.4) is 0 Å². The number of carboxylic acids is 1. The van der Waals surface area contributed by atoms with E-state index in [9.17, 15) is 13.6 Å². The SMILES string of the molecule is Nc1cnc(C(F)F)c(CC(=O)O)c1N. The van der Waals surface area contributed by atoms with Crippen LogP contribution in [-0.2, 0) is 11.2 Å². The number of anilines is 2. The number of hydrogen-bond acceptors (Lipinski definition) is 4. The van der Waals surface area contributed by atoms with Gasteiger partial charge in [-0.05, 0) is 0 Å². The van der Waals surface area contributed by atoms with Gasteiger partial charge in [-0.15, -0.1) is 0 Å². The predicted molar refractivity (Wildman–Crippen MR) is 49.4 cm³/mol. The van der Waals surface area contributed by atoms with E-state index >= 15 is 0 Å². The number of aliphatic carboxylic acids is 1. The van der Waals surface area contributed by atoms with Gasteiger partial charge < -0.3 is 16.6 Å². The highest BCUT2D eigenvalue weighted by Gasteiger charge is 2.20. The highest BCUT2D eigenvalue weighted by molar-refractivity contribution is 5.77. The lowest BCUT2D eigenvalue weighted by atomic mass is 10.1. The minimum Gasteiger partial charge on any atom is -0.481 e. The molecule has 5 nitrogen and oxygen atoms in total. The summed E-state index contributed by atoms with van der Waals surface area (Å²) in [5, 5.41) is 8.52. The number of nitrogen functional groups attached to an aromatic ring is 2. The molecule has 0 bridgehead atoms. The number of hydrogen-bond donors (Lipinski definition) is 3. The smallest absolute Gasteiger partial charge is 0.307 e. The Labute approximate surface area is 83.7 Å². The number of carbonyl (C=O) groups is 1. The molecule has 15 heavy (non-hydrogen) atoms. The van der Waals surface area contributed by atoms with Crippen LogP contribution in [0.4, 0.5) is 20.2 Å². The molecule has 0 aromatic carbocycles. The third-order valence-corrected chi connectivity index (χ3v) is 1.82. The van der Waals surface area contributed by atoms with Crippen LogP contribution in [0.5, 0.6) is 0 Å². The van der Waals surface area contributed by atoms with Crippen LogP contribution in [0, 0.1) is 0 Å². The molecule has 5 N–H and O–H groups in total. The number of alkyl halides is 2. The van der Waals surface area contributed by atoms with Crippen molar-refractivity contribution in [2.24, 2.45) is 0 Å². The van der Waals surface area contributed by atoms with E-state index in [1.807, 2.05) is 0 Å². The van der Waals surface area contributed by atoms with Crippen molar-refractivity contribution in [2.45, 2.75) is 12.8 Å². The lowest BCUT2D eigenvalue weighted by Crippen LogP contribution is -2.11. The summed E-state index contributed by atoms with van der Waals surface area (Å²) in [6.45, 7) is 0. The molecule has 1 aromatic heterocycles. The maximum Gasteiger partial charge on any atom is 0.307 e. The molecule has 0 aliphatic heterocycles. The molecule has 0 unspecified atom stereocenters. The first kappa shape index (κ1) is 11.2. The number of halogens is 2. The van der Waals surface area contributed by atoms with Gasteiger partial charge in [-0.1, -0.05) is 0 Å². The minimum atomic E-state index is -2.87. The van der Waals surface area contributed by atoms with Crippen LogP contribution in [0.2, 0.25) is 0 Å². The molecule has 0 amide bonds. The Hall–Kier alpha value is -1.92. The molecule has 1 aromatic rings. The third kappa shape index (κ3) is 2.30. The fraction of sp³-hybridized carbons (Fsp3) is 0.250. The zero-order valence-electron chi connectivity index (χ0n) is 7.58. The van der Waals surface area contributed by atoms with Gasteiger partial charge in [0.25, 0.3) is 6.43 Å². The zero-order chi connectivity index (χ0) is 11.6. The molecular formula is C8H9F2N3O2. The van der Waals surface area contributed by atoms with Gasteiger partial charge in [-0.2, -0.15) is 0 Å². The Kier molecular flexibility index (Phi) is 3.03. The van der Waals surface area contributed by atoms with Crippen molar-refractivity contribution in [2.75, 3.05) is 11.5 Å². The van der Waals surface area contributed by atoms with E-state index in [0.717, 1.165) is 6.20 Å². The Bertz CT molecular complexity index is 396. The van der Waals surface area contributed by atoms with Crippen molar-refractivity contribution in [1.29, 1.82) is 0 Å². The number of carboxylic acid groups (broad SMARTS) is 1. The minimum absolute atomic E-state index is 0.00403. The first-order valence-corrected chi connectivity index (χ1v) is 3.96. The second-order valence-corrected chi connectivity index (χ2v) is 2.86. The van der Waals surface area contributed by atoms with Gasteiger partial charge in [0.05, 0.1) is 24.0 Å². The average Bonchev–Trinajstić information content (AvgIpc) is 2.12. The van der Waals surface area contributed by atoms with Gasteiger partial charge in [0.1, 0.15) is 5.69 Å². The van der Waals surface area contributed by atoms with Gasteiger partial charge in [-0.25, -0.2) is 8.78 Å². The van der Waals surface area contributed by atoms with Gasteiger partial charge in [-0.3, -0.25) is 9.78 Å². The van der Waals surface area contributed by atoms with Gasteiger partial charge >= 0.3 is 5.97 Å². The molecule has 1 rings (SSSR count). The maximum absolute atomic E-state index is 12.4. The fourth-order valence-electron chi connectivity index (χ4n) is 1.12.